The molecule has 0 aliphatic rings. The van der Waals surface area contributed by atoms with E-state index in [1.54, 1.807) is 0 Å². The van der Waals surface area contributed by atoms with Crippen LogP contribution >= 0.6 is 0 Å². The summed E-state index contributed by atoms with van der Waals surface area (Å²) in [5.74, 6) is -1.64. The van der Waals surface area contributed by atoms with Gasteiger partial charge in [0, 0.05) is 0 Å². The maximum atomic E-state index is 11.8. The van der Waals surface area contributed by atoms with Gasteiger partial charge in [-0.25, -0.2) is 0 Å². The molecule has 0 fully saturated rings. The summed E-state index contributed by atoms with van der Waals surface area (Å²) < 4.78 is 44.2. The van der Waals surface area contributed by atoms with Crippen molar-refractivity contribution in [1.29, 1.82) is 0 Å². The van der Waals surface area contributed by atoms with Crippen molar-refractivity contribution in [3.05, 3.63) is 0 Å². The Morgan fingerprint density at radius 2 is 1.32 bits per heavy atom. The minimum absolute atomic E-state index is 0.257. The van der Waals surface area contributed by atoms with Crippen LogP contribution in [0.5, 0.6) is 0 Å². The van der Waals surface area contributed by atoms with Gasteiger partial charge in [0.2, 0.25) is 0 Å². The molecule has 4 nitrogen and oxygen atoms in total. The van der Waals surface area contributed by atoms with Gasteiger partial charge >= 0.3 is 18.1 Å². The highest BCUT2D eigenvalue weighted by Gasteiger charge is 2.29. The molecule has 0 spiro atoms. The number of halogens is 3. The fraction of sp³-hybridized carbons (Fsp3) is 0.867. The van der Waals surface area contributed by atoms with Gasteiger partial charge in [0.05, 0.1) is 19.4 Å². The topological polar surface area (TPSA) is 52.6 Å². The summed E-state index contributed by atoms with van der Waals surface area (Å²) in [6.45, 7) is 0.807. The summed E-state index contributed by atoms with van der Waals surface area (Å²) in [5.41, 5.74) is 0. The van der Waals surface area contributed by atoms with E-state index in [2.05, 4.69) is 11.7 Å². The van der Waals surface area contributed by atoms with E-state index < -0.39 is 31.1 Å². The first-order valence-corrected chi connectivity index (χ1v) is 7.73. The molecule has 0 saturated heterocycles. The van der Waals surface area contributed by atoms with E-state index in [4.69, 9.17) is 4.74 Å². The van der Waals surface area contributed by atoms with E-state index in [0.29, 0.717) is 0 Å². The van der Waals surface area contributed by atoms with Crippen LogP contribution in [0.2, 0.25) is 0 Å². The van der Waals surface area contributed by atoms with E-state index in [-0.39, 0.29) is 13.0 Å². The summed E-state index contributed by atoms with van der Waals surface area (Å²) in [6, 6.07) is 0. The highest BCUT2D eigenvalue weighted by atomic mass is 19.4. The molecule has 130 valence electrons. The molecule has 0 aliphatic carbocycles. The number of carbonyl (C=O) groups excluding carboxylic acids is 2. The Balaban J connectivity index is 3.44. The molecule has 0 aromatic heterocycles. The van der Waals surface area contributed by atoms with Gasteiger partial charge in [0.25, 0.3) is 0 Å². The van der Waals surface area contributed by atoms with Crippen LogP contribution in [0.4, 0.5) is 13.2 Å². The number of hydrogen-bond acceptors (Lipinski definition) is 4. The minimum Gasteiger partial charge on any atom is -0.466 e. The third-order valence-electron chi connectivity index (χ3n) is 2.94. The van der Waals surface area contributed by atoms with E-state index in [1.807, 2.05) is 0 Å². The van der Waals surface area contributed by atoms with Gasteiger partial charge in [-0.2, -0.15) is 13.2 Å². The average molecular weight is 326 g/mol. The van der Waals surface area contributed by atoms with Crippen LogP contribution in [0.3, 0.4) is 0 Å². The summed E-state index contributed by atoms with van der Waals surface area (Å²) in [7, 11) is 0. The Bertz CT molecular complexity index is 316. The van der Waals surface area contributed by atoms with Crippen LogP contribution in [-0.2, 0) is 19.1 Å². The Morgan fingerprint density at radius 3 is 1.86 bits per heavy atom. The Labute approximate surface area is 129 Å². The zero-order valence-corrected chi connectivity index (χ0v) is 13.0. The molecule has 0 amide bonds. The van der Waals surface area contributed by atoms with E-state index in [9.17, 15) is 22.8 Å². The molecule has 0 atom stereocenters. The van der Waals surface area contributed by atoms with Gasteiger partial charge < -0.3 is 9.47 Å². The molecular weight excluding hydrogens is 301 g/mol. The Morgan fingerprint density at radius 1 is 0.818 bits per heavy atom. The molecule has 0 heterocycles. The molecular formula is C15H25F3O4. The van der Waals surface area contributed by atoms with E-state index in [0.717, 1.165) is 19.3 Å². The van der Waals surface area contributed by atoms with Crippen molar-refractivity contribution in [2.45, 2.75) is 70.9 Å². The SMILES string of the molecule is CCCCCCCCCOC(=O)CCC(=O)OCC(F)(F)F. The predicted octanol–water partition coefficient (Wildman–Crippen LogP) is 4.17. The number of carbonyl (C=O) groups is 2. The molecule has 0 aromatic rings. The normalized spacial score (nSPS) is 11.3. The van der Waals surface area contributed by atoms with Gasteiger partial charge in [-0.3, -0.25) is 9.59 Å². The zero-order chi connectivity index (χ0) is 16.8. The first-order valence-electron chi connectivity index (χ1n) is 7.73. The molecule has 0 aliphatic heterocycles. The second kappa shape index (κ2) is 12.3. The first-order chi connectivity index (χ1) is 10.3. The standard InChI is InChI=1S/C15H25F3O4/c1-2-3-4-5-6-7-8-11-21-13(19)9-10-14(20)22-12-15(16,17)18/h2-12H2,1H3. The largest absolute Gasteiger partial charge is 0.466 e. The van der Waals surface area contributed by atoms with Crippen LogP contribution in [0, 0.1) is 0 Å². The lowest BCUT2D eigenvalue weighted by Gasteiger charge is -2.08. The third-order valence-corrected chi connectivity index (χ3v) is 2.94. The second-order valence-corrected chi connectivity index (χ2v) is 5.12. The van der Waals surface area contributed by atoms with Crippen LogP contribution in [-0.4, -0.2) is 31.3 Å². The van der Waals surface area contributed by atoms with Gasteiger partial charge in [0.1, 0.15) is 0 Å². The van der Waals surface area contributed by atoms with Crippen molar-refractivity contribution in [1.82, 2.24) is 0 Å². The van der Waals surface area contributed by atoms with E-state index in [1.165, 1.54) is 25.7 Å². The lowest BCUT2D eigenvalue weighted by molar-refractivity contribution is -0.186. The van der Waals surface area contributed by atoms with Crippen molar-refractivity contribution in [3.63, 3.8) is 0 Å². The van der Waals surface area contributed by atoms with Crippen molar-refractivity contribution in [3.8, 4) is 0 Å². The Hall–Kier alpha value is -1.27. The zero-order valence-electron chi connectivity index (χ0n) is 13.0. The number of hydrogen-bond donors (Lipinski definition) is 0. The fourth-order valence-electron chi connectivity index (χ4n) is 1.76. The molecule has 0 rings (SSSR count). The summed E-state index contributed by atoms with van der Waals surface area (Å²) in [4.78, 5) is 22.2. The van der Waals surface area contributed by atoms with Crippen molar-refractivity contribution >= 4 is 11.9 Å². The van der Waals surface area contributed by atoms with Gasteiger partial charge in [0.15, 0.2) is 6.61 Å². The molecule has 0 radical (unpaired) electrons. The lowest BCUT2D eigenvalue weighted by Crippen LogP contribution is -2.20. The summed E-state index contributed by atoms with van der Waals surface area (Å²) in [6.07, 6.45) is 2.46. The number of alkyl halides is 3. The highest BCUT2D eigenvalue weighted by molar-refractivity contribution is 5.77. The maximum Gasteiger partial charge on any atom is 0.422 e. The molecule has 22 heavy (non-hydrogen) atoms. The fourth-order valence-corrected chi connectivity index (χ4v) is 1.76. The third kappa shape index (κ3) is 15.1. The van der Waals surface area contributed by atoms with E-state index >= 15 is 0 Å². The molecule has 0 unspecified atom stereocenters. The first kappa shape index (κ1) is 20.7. The predicted molar refractivity (Wildman–Crippen MR) is 75.2 cm³/mol. The molecule has 7 heteroatoms. The van der Waals surface area contributed by atoms with Gasteiger partial charge in [-0.05, 0) is 6.42 Å². The van der Waals surface area contributed by atoms with Gasteiger partial charge in [-0.1, -0.05) is 45.4 Å². The smallest absolute Gasteiger partial charge is 0.422 e. The molecule has 0 aromatic carbocycles. The van der Waals surface area contributed by atoms with Crippen LogP contribution in [0.1, 0.15) is 64.7 Å². The number of rotatable bonds is 12. The summed E-state index contributed by atoms with van der Waals surface area (Å²) in [5, 5.41) is 0. The highest BCUT2D eigenvalue weighted by Crippen LogP contribution is 2.15. The Kier molecular flexibility index (Phi) is 11.6. The number of unbranched alkanes of at least 4 members (excludes halogenated alkanes) is 6. The molecule has 0 N–H and O–H groups in total. The quantitative estimate of drug-likeness (QED) is 0.399. The van der Waals surface area contributed by atoms with Crippen LogP contribution in [0.15, 0.2) is 0 Å². The van der Waals surface area contributed by atoms with Gasteiger partial charge in [-0.15, -0.1) is 0 Å². The number of esters is 2. The van der Waals surface area contributed by atoms with Crippen LogP contribution < -0.4 is 0 Å². The van der Waals surface area contributed by atoms with Crippen molar-refractivity contribution in [2.24, 2.45) is 0 Å². The minimum atomic E-state index is -4.55. The monoisotopic (exact) mass is 326 g/mol. The second-order valence-electron chi connectivity index (χ2n) is 5.12. The summed E-state index contributed by atoms with van der Waals surface area (Å²) >= 11 is 0. The van der Waals surface area contributed by atoms with Crippen molar-refractivity contribution in [2.75, 3.05) is 13.2 Å². The molecule has 0 bridgehead atoms. The number of ether oxygens (including phenoxy) is 2. The average Bonchev–Trinajstić information content (AvgIpc) is 2.45. The van der Waals surface area contributed by atoms with Crippen LogP contribution in [0.25, 0.3) is 0 Å². The lowest BCUT2D eigenvalue weighted by atomic mass is 10.1. The molecule has 0 saturated carbocycles. The maximum absolute atomic E-state index is 11.8. The van der Waals surface area contributed by atoms with Crippen molar-refractivity contribution < 1.29 is 32.2 Å².